The number of aryl methyl sites for hydroxylation is 1. The Morgan fingerprint density at radius 1 is 1.50 bits per heavy atom. The van der Waals surface area contributed by atoms with E-state index < -0.39 is 0 Å². The molecule has 2 unspecified atom stereocenters. The fraction of sp³-hybridized carbons (Fsp3) is 0.750. The highest BCUT2D eigenvalue weighted by atomic mass is 16.5. The average Bonchev–Trinajstić information content (AvgIpc) is 2.64. The van der Waals surface area contributed by atoms with E-state index in [0.29, 0.717) is 12.0 Å². The van der Waals surface area contributed by atoms with Crippen molar-refractivity contribution >= 4 is 0 Å². The van der Waals surface area contributed by atoms with E-state index in [1.54, 1.807) is 7.11 Å². The van der Waals surface area contributed by atoms with Gasteiger partial charge in [0, 0.05) is 32.9 Å². The molecule has 4 nitrogen and oxygen atoms in total. The summed E-state index contributed by atoms with van der Waals surface area (Å²) in [5.41, 5.74) is 1.30. The third-order valence-electron chi connectivity index (χ3n) is 2.94. The molecule has 1 heterocycles. The minimum Gasteiger partial charge on any atom is -0.383 e. The highest BCUT2D eigenvalue weighted by molar-refractivity contribution is 5.05. The van der Waals surface area contributed by atoms with Crippen LogP contribution < -0.4 is 5.32 Å². The Kier molecular flexibility index (Phi) is 5.49. The Hall–Kier alpha value is -0.870. The molecule has 1 rings (SSSR count). The average molecular weight is 225 g/mol. The molecule has 0 aliphatic rings. The summed E-state index contributed by atoms with van der Waals surface area (Å²) in [5.74, 6) is 0.598. The standard InChI is InChI=1S/C12H23N3O/c1-10(11(2)13-5-6-16-4)7-12-8-14-15(3)9-12/h8-11,13H,5-7H2,1-4H3. The number of nitrogens with one attached hydrogen (secondary N) is 1. The summed E-state index contributed by atoms with van der Waals surface area (Å²) in [5, 5.41) is 7.64. The molecular weight excluding hydrogens is 202 g/mol. The maximum Gasteiger partial charge on any atom is 0.0587 e. The molecule has 1 aromatic rings. The second-order valence-corrected chi connectivity index (χ2v) is 4.44. The maximum absolute atomic E-state index is 5.02. The predicted molar refractivity (Wildman–Crippen MR) is 65.4 cm³/mol. The van der Waals surface area contributed by atoms with Crippen LogP contribution in [0.3, 0.4) is 0 Å². The Bertz CT molecular complexity index is 298. The lowest BCUT2D eigenvalue weighted by molar-refractivity contribution is 0.192. The molecule has 16 heavy (non-hydrogen) atoms. The van der Waals surface area contributed by atoms with E-state index in [9.17, 15) is 0 Å². The second kappa shape index (κ2) is 6.66. The fourth-order valence-electron chi connectivity index (χ4n) is 1.72. The van der Waals surface area contributed by atoms with Crippen LogP contribution in [0.25, 0.3) is 0 Å². The number of nitrogens with zero attached hydrogens (tertiary/aromatic N) is 2. The number of hydrogen-bond acceptors (Lipinski definition) is 3. The minimum atomic E-state index is 0.496. The van der Waals surface area contributed by atoms with E-state index in [1.165, 1.54) is 5.56 Å². The van der Waals surface area contributed by atoms with Gasteiger partial charge in [-0.05, 0) is 24.8 Å². The van der Waals surface area contributed by atoms with Crippen LogP contribution in [-0.2, 0) is 18.2 Å². The molecule has 0 amide bonds. The van der Waals surface area contributed by atoms with Gasteiger partial charge in [-0.3, -0.25) is 4.68 Å². The molecule has 0 spiro atoms. The number of rotatable bonds is 7. The Morgan fingerprint density at radius 2 is 2.25 bits per heavy atom. The maximum atomic E-state index is 5.02. The van der Waals surface area contributed by atoms with Gasteiger partial charge in [0.1, 0.15) is 0 Å². The van der Waals surface area contributed by atoms with Gasteiger partial charge in [-0.1, -0.05) is 6.92 Å². The SMILES string of the molecule is COCCNC(C)C(C)Cc1cnn(C)c1. The van der Waals surface area contributed by atoms with E-state index >= 15 is 0 Å². The summed E-state index contributed by atoms with van der Waals surface area (Å²) in [7, 11) is 3.68. The Balaban J connectivity index is 2.30. The third kappa shape index (κ3) is 4.33. The molecule has 0 bridgehead atoms. The summed E-state index contributed by atoms with van der Waals surface area (Å²) < 4.78 is 6.87. The van der Waals surface area contributed by atoms with Crippen molar-refractivity contribution in [2.24, 2.45) is 13.0 Å². The van der Waals surface area contributed by atoms with Crippen LogP contribution in [-0.4, -0.2) is 36.1 Å². The van der Waals surface area contributed by atoms with Gasteiger partial charge in [0.05, 0.1) is 12.8 Å². The minimum absolute atomic E-state index is 0.496. The van der Waals surface area contributed by atoms with Gasteiger partial charge >= 0.3 is 0 Å². The molecule has 2 atom stereocenters. The van der Waals surface area contributed by atoms with Gasteiger partial charge in [-0.15, -0.1) is 0 Å². The van der Waals surface area contributed by atoms with E-state index in [2.05, 4.69) is 30.5 Å². The van der Waals surface area contributed by atoms with Gasteiger partial charge in [-0.25, -0.2) is 0 Å². The summed E-state index contributed by atoms with van der Waals surface area (Å²) in [6.07, 6.45) is 5.09. The molecule has 0 fully saturated rings. The Labute approximate surface area is 98.0 Å². The number of hydrogen-bond donors (Lipinski definition) is 1. The van der Waals surface area contributed by atoms with E-state index in [0.717, 1.165) is 19.6 Å². The van der Waals surface area contributed by atoms with Crippen molar-refractivity contribution < 1.29 is 4.74 Å². The third-order valence-corrected chi connectivity index (χ3v) is 2.94. The molecule has 1 N–H and O–H groups in total. The van der Waals surface area contributed by atoms with Crippen molar-refractivity contribution in [2.75, 3.05) is 20.3 Å². The molecule has 0 radical (unpaired) electrons. The number of methoxy groups -OCH3 is 1. The smallest absolute Gasteiger partial charge is 0.0587 e. The van der Waals surface area contributed by atoms with E-state index in [1.807, 2.05) is 17.9 Å². The van der Waals surface area contributed by atoms with Crippen molar-refractivity contribution in [1.29, 1.82) is 0 Å². The van der Waals surface area contributed by atoms with Crippen LogP contribution >= 0.6 is 0 Å². The normalized spacial score (nSPS) is 15.0. The largest absolute Gasteiger partial charge is 0.383 e. The van der Waals surface area contributed by atoms with Crippen LogP contribution in [0.4, 0.5) is 0 Å². The van der Waals surface area contributed by atoms with E-state index in [-0.39, 0.29) is 0 Å². The zero-order valence-electron chi connectivity index (χ0n) is 10.7. The topological polar surface area (TPSA) is 39.1 Å². The molecule has 0 aromatic carbocycles. The van der Waals surface area contributed by atoms with Crippen molar-refractivity contribution in [3.8, 4) is 0 Å². The first-order valence-electron chi connectivity index (χ1n) is 5.83. The zero-order valence-corrected chi connectivity index (χ0v) is 10.7. The van der Waals surface area contributed by atoms with Gasteiger partial charge in [-0.2, -0.15) is 5.10 Å². The first-order valence-corrected chi connectivity index (χ1v) is 5.83. The summed E-state index contributed by atoms with van der Waals surface area (Å²) in [6, 6.07) is 0.496. The van der Waals surface area contributed by atoms with Gasteiger partial charge in [0.2, 0.25) is 0 Å². The van der Waals surface area contributed by atoms with Crippen molar-refractivity contribution in [3.05, 3.63) is 18.0 Å². The molecule has 1 aromatic heterocycles. The first-order chi connectivity index (χ1) is 7.63. The van der Waals surface area contributed by atoms with Crippen LogP contribution in [0.2, 0.25) is 0 Å². The van der Waals surface area contributed by atoms with Gasteiger partial charge in [0.15, 0.2) is 0 Å². The van der Waals surface area contributed by atoms with Crippen molar-refractivity contribution in [3.63, 3.8) is 0 Å². The molecular formula is C12H23N3O. The molecule has 0 aliphatic carbocycles. The first kappa shape index (κ1) is 13.2. The van der Waals surface area contributed by atoms with Crippen molar-refractivity contribution in [1.82, 2.24) is 15.1 Å². The van der Waals surface area contributed by atoms with Gasteiger partial charge in [0.25, 0.3) is 0 Å². The van der Waals surface area contributed by atoms with Crippen LogP contribution in [0.15, 0.2) is 12.4 Å². The lowest BCUT2D eigenvalue weighted by Gasteiger charge is -2.20. The monoisotopic (exact) mass is 225 g/mol. The Morgan fingerprint density at radius 3 is 2.81 bits per heavy atom. The quantitative estimate of drug-likeness (QED) is 0.709. The second-order valence-electron chi connectivity index (χ2n) is 4.44. The van der Waals surface area contributed by atoms with Crippen LogP contribution in [0.5, 0.6) is 0 Å². The highest BCUT2D eigenvalue weighted by Crippen LogP contribution is 2.11. The molecule has 4 heteroatoms. The van der Waals surface area contributed by atoms with Crippen molar-refractivity contribution in [2.45, 2.75) is 26.3 Å². The summed E-state index contributed by atoms with van der Waals surface area (Å²) in [4.78, 5) is 0. The molecule has 92 valence electrons. The number of aromatic nitrogens is 2. The highest BCUT2D eigenvalue weighted by Gasteiger charge is 2.12. The molecule has 0 saturated heterocycles. The molecule has 0 aliphatic heterocycles. The fourth-order valence-corrected chi connectivity index (χ4v) is 1.72. The molecule has 0 saturated carbocycles. The number of ether oxygens (including phenoxy) is 1. The summed E-state index contributed by atoms with van der Waals surface area (Å²) in [6.45, 7) is 6.16. The zero-order chi connectivity index (χ0) is 12.0. The van der Waals surface area contributed by atoms with Crippen LogP contribution in [0, 0.1) is 5.92 Å². The van der Waals surface area contributed by atoms with Gasteiger partial charge < -0.3 is 10.1 Å². The predicted octanol–water partition coefficient (Wildman–Crippen LogP) is 1.22. The van der Waals surface area contributed by atoms with Crippen LogP contribution in [0.1, 0.15) is 19.4 Å². The van der Waals surface area contributed by atoms with E-state index in [4.69, 9.17) is 4.74 Å². The lowest BCUT2D eigenvalue weighted by atomic mass is 9.97. The summed E-state index contributed by atoms with van der Waals surface area (Å²) >= 11 is 0. The lowest BCUT2D eigenvalue weighted by Crippen LogP contribution is -2.35.